The number of fused-ring (bicyclic) bond motifs is 2. The minimum Gasteiger partial charge on any atom is -0.486 e. The van der Waals surface area contributed by atoms with Crippen molar-refractivity contribution >= 4 is 97.6 Å². The second kappa shape index (κ2) is 27.0. The number of hydrogen-bond donors (Lipinski definition) is 3. The fraction of sp³-hybridized carbons (Fsp3) is 0.300. The van der Waals surface area contributed by atoms with E-state index in [2.05, 4.69) is 15.3 Å². The fourth-order valence-corrected chi connectivity index (χ4v) is 7.74. The number of Topliss-reactive ketones (excluding diaryl/α,β-unsaturated/α-hetero) is 2. The van der Waals surface area contributed by atoms with Crippen LogP contribution in [0.4, 0.5) is 22.0 Å². The lowest BCUT2D eigenvalue weighted by Crippen LogP contribution is -2.29. The van der Waals surface area contributed by atoms with E-state index in [-0.39, 0.29) is 58.1 Å². The summed E-state index contributed by atoms with van der Waals surface area (Å²) in [4.78, 5) is 66.4. The smallest absolute Gasteiger partial charge is 0.486 e. The number of carbonyl (C=O) groups excluding carboxylic acids is 3. The van der Waals surface area contributed by atoms with Crippen molar-refractivity contribution in [1.82, 2.24) is 20.2 Å². The molecule has 22 heteroatoms. The molecule has 3 N–H and O–H groups in total. The van der Waals surface area contributed by atoms with Gasteiger partial charge >= 0.3 is 18.1 Å². The Kier molecular flexibility index (Phi) is 21.3. The van der Waals surface area contributed by atoms with Gasteiger partial charge in [-0.15, -0.1) is 0 Å². The van der Waals surface area contributed by atoms with Gasteiger partial charge in [0.05, 0.1) is 21.1 Å². The minimum atomic E-state index is -5.08. The van der Waals surface area contributed by atoms with E-state index < -0.39 is 29.7 Å². The third-order valence-electron chi connectivity index (χ3n) is 11.0. The van der Waals surface area contributed by atoms with E-state index in [9.17, 15) is 41.1 Å². The number of alkyl halides is 3. The molecule has 72 heavy (non-hydrogen) atoms. The number of likely N-dealkylation sites (tertiary alicyclic amines) is 1. The number of amides is 1. The highest BCUT2D eigenvalue weighted by molar-refractivity contribution is 6.32. The molecule has 1 amide bonds. The lowest BCUT2D eigenvalue weighted by molar-refractivity contribution is -0.192. The van der Waals surface area contributed by atoms with Crippen LogP contribution in [0.5, 0.6) is 11.5 Å². The van der Waals surface area contributed by atoms with Crippen molar-refractivity contribution in [2.24, 2.45) is 11.8 Å². The van der Waals surface area contributed by atoms with Gasteiger partial charge in [-0.3, -0.25) is 14.4 Å². The molecule has 13 nitrogen and oxygen atoms in total. The van der Waals surface area contributed by atoms with Gasteiger partial charge in [0.1, 0.15) is 47.7 Å². The number of carboxylic acid groups (broad SMARTS) is 2. The summed E-state index contributed by atoms with van der Waals surface area (Å²) in [6, 6.07) is 25.4. The highest BCUT2D eigenvalue weighted by Crippen LogP contribution is 2.26. The van der Waals surface area contributed by atoms with Gasteiger partial charge < -0.3 is 29.9 Å². The monoisotopic (exact) mass is 1080 g/mol. The maximum absolute atomic E-state index is 13.4. The van der Waals surface area contributed by atoms with Crippen molar-refractivity contribution < 1.29 is 65.6 Å². The predicted octanol–water partition coefficient (Wildman–Crippen LogP) is 11.6. The zero-order valence-electron chi connectivity index (χ0n) is 37.9. The highest BCUT2D eigenvalue weighted by Gasteiger charge is 2.38. The average Bonchev–Trinajstić information content (AvgIpc) is 4.06. The van der Waals surface area contributed by atoms with Crippen molar-refractivity contribution in [3.63, 3.8) is 0 Å². The molecule has 8 rings (SSSR count). The van der Waals surface area contributed by atoms with E-state index in [1.54, 1.807) is 53.4 Å². The van der Waals surface area contributed by atoms with E-state index in [1.165, 1.54) is 30.3 Å². The number of carbonyl (C=O) groups is 5. The summed E-state index contributed by atoms with van der Waals surface area (Å²) in [5.74, 6) is -3.60. The van der Waals surface area contributed by atoms with Gasteiger partial charge in [-0.2, -0.15) is 13.2 Å². The molecular weight excluding hydrogens is 1040 g/mol. The number of rotatable bonds is 14. The number of pyridine rings is 2. The summed E-state index contributed by atoms with van der Waals surface area (Å²) in [5, 5.41) is 22.1. The summed E-state index contributed by atoms with van der Waals surface area (Å²) >= 11 is 23.0. The third kappa shape index (κ3) is 18.1. The summed E-state index contributed by atoms with van der Waals surface area (Å²) in [6.45, 7) is 3.13. The Hall–Kier alpha value is -6.18. The number of carboxylic acids is 2. The minimum absolute atomic E-state index is 0.00676. The van der Waals surface area contributed by atoms with Gasteiger partial charge in [0.25, 0.3) is 5.91 Å². The first-order valence-electron chi connectivity index (χ1n) is 22.0. The topological polar surface area (TPSA) is 185 Å². The number of ether oxygens (including phenoxy) is 2. The Morgan fingerprint density at radius 1 is 0.653 bits per heavy atom. The molecule has 4 aromatic carbocycles. The molecule has 2 aliphatic heterocycles. The van der Waals surface area contributed by atoms with Crippen molar-refractivity contribution in [2.75, 3.05) is 39.4 Å². The van der Waals surface area contributed by atoms with Crippen LogP contribution in [0.2, 0.25) is 20.1 Å². The van der Waals surface area contributed by atoms with Crippen LogP contribution in [0.25, 0.3) is 21.8 Å². The molecule has 2 atom stereocenters. The molecule has 0 aliphatic carbocycles. The first-order valence-corrected chi connectivity index (χ1v) is 23.5. The van der Waals surface area contributed by atoms with E-state index >= 15 is 0 Å². The molecule has 2 aromatic heterocycles. The second-order valence-electron chi connectivity index (χ2n) is 16.3. The van der Waals surface area contributed by atoms with Crippen molar-refractivity contribution in [3.8, 4) is 11.5 Å². The number of ketones is 2. The number of aliphatic carboxylic acids is 1. The average molecular weight is 1080 g/mol. The Bertz CT molecular complexity index is 2890. The van der Waals surface area contributed by atoms with Crippen LogP contribution in [-0.4, -0.2) is 100 Å². The second-order valence-corrected chi connectivity index (χ2v) is 18.0. The van der Waals surface area contributed by atoms with E-state index in [1.807, 2.05) is 12.1 Å². The summed E-state index contributed by atoms with van der Waals surface area (Å²) < 4.78 is 68.9. The number of aromatic carboxylic acids is 1. The van der Waals surface area contributed by atoms with Crippen LogP contribution >= 0.6 is 46.4 Å². The molecule has 4 heterocycles. The molecule has 0 saturated carbocycles. The van der Waals surface area contributed by atoms with E-state index in [0.717, 1.165) is 54.7 Å². The number of nitrogens with one attached hydrogen (secondary N) is 1. The Morgan fingerprint density at radius 3 is 1.60 bits per heavy atom. The summed E-state index contributed by atoms with van der Waals surface area (Å²) in [7, 11) is 0. The summed E-state index contributed by atoms with van der Waals surface area (Å²) in [6.07, 6.45) is -0.684. The zero-order valence-corrected chi connectivity index (χ0v) is 40.9. The van der Waals surface area contributed by atoms with Gasteiger partial charge in [-0.05, 0) is 123 Å². The molecule has 2 saturated heterocycles. The van der Waals surface area contributed by atoms with Crippen LogP contribution in [0.1, 0.15) is 59.5 Å². The van der Waals surface area contributed by atoms with Gasteiger partial charge in [-0.25, -0.2) is 28.3 Å². The predicted molar refractivity (Wildman–Crippen MR) is 261 cm³/mol. The first kappa shape index (κ1) is 56.7. The van der Waals surface area contributed by atoms with Crippen LogP contribution in [0, 0.1) is 23.5 Å². The normalized spacial score (nSPS) is 15.0. The first-order chi connectivity index (χ1) is 34.1. The molecule has 2 aliphatic rings. The Labute approximate surface area is 429 Å². The summed E-state index contributed by atoms with van der Waals surface area (Å²) in [5.41, 5.74) is 1.80. The molecule has 0 spiro atoms. The van der Waals surface area contributed by atoms with Gasteiger partial charge in [-0.1, -0.05) is 58.5 Å². The van der Waals surface area contributed by atoms with Gasteiger partial charge in [0.2, 0.25) is 0 Å². The van der Waals surface area contributed by atoms with Gasteiger partial charge in [0.15, 0.2) is 11.6 Å². The number of aromatic nitrogens is 2. The molecular formula is C50H45Cl4F5N4O9. The van der Waals surface area contributed by atoms with Crippen molar-refractivity contribution in [2.45, 2.75) is 44.7 Å². The molecule has 2 unspecified atom stereocenters. The maximum Gasteiger partial charge on any atom is 0.490 e. The Balaban J connectivity index is 0.000000203. The van der Waals surface area contributed by atoms with Gasteiger partial charge in [0, 0.05) is 58.9 Å². The number of nitrogens with zero attached hydrogens (tertiary/aromatic N) is 3. The van der Waals surface area contributed by atoms with Crippen LogP contribution in [0.3, 0.4) is 0 Å². The Morgan fingerprint density at radius 2 is 1.14 bits per heavy atom. The van der Waals surface area contributed by atoms with Crippen LogP contribution < -0.4 is 14.8 Å². The molecule has 0 radical (unpaired) electrons. The molecule has 2 fully saturated rings. The fourth-order valence-electron chi connectivity index (χ4n) is 7.14. The molecule has 0 bridgehead atoms. The molecule has 382 valence electrons. The highest BCUT2D eigenvalue weighted by atomic mass is 35.5. The largest absolute Gasteiger partial charge is 0.490 e. The van der Waals surface area contributed by atoms with E-state index in [4.69, 9.17) is 70.9 Å². The third-order valence-corrected chi connectivity index (χ3v) is 12.0. The van der Waals surface area contributed by atoms with Crippen LogP contribution in [0.15, 0.2) is 97.1 Å². The number of halogens is 9. The SMILES string of the molecule is O=C(CCC1CCN(C(=O)c2ccc3cc(Cl)ccc3n2)C1)COc1ccc(Cl)c(F)c1.O=C(CCC1CCNC1)COc1ccc(Cl)c(F)c1.O=C(O)C(F)(F)F.O=C(O)c1ccc2cc(Cl)ccc2n1. The maximum atomic E-state index is 13.4. The lowest BCUT2D eigenvalue weighted by atomic mass is 10.0. The number of hydrogen-bond acceptors (Lipinski definition) is 10. The van der Waals surface area contributed by atoms with Crippen LogP contribution in [-0.2, 0) is 14.4 Å². The lowest BCUT2D eigenvalue weighted by Gasteiger charge is -2.16. The van der Waals surface area contributed by atoms with E-state index in [0.29, 0.717) is 65.3 Å². The zero-order chi connectivity index (χ0) is 52.5. The standard InChI is InChI=1S/C24H21Cl2FN2O3.C14H17ClFNO2.C10H6ClNO2.C2HF3O2/c25-17-3-8-22-16(11-17)2-7-23(28-22)24(31)29-10-9-15(13-29)1-4-18(30)14-32-19-5-6-20(26)21(27)12-19;15-13-4-3-12(7-14(13)16)19-9-11(18)2-1-10-5-6-17-8-10;11-7-2-4-8-6(5-7)1-3-9(12-8)10(13)14;3-2(4,5)1(6)7/h2-3,5-8,11-12,15H,1,4,9-10,13-14H2;3-4,7,10,17H,1-2,5-6,8-9H2;1-5H,(H,13,14);(H,6,7). The number of benzene rings is 4. The molecule has 6 aromatic rings. The quantitative estimate of drug-likeness (QED) is 0.0878. The van der Waals surface area contributed by atoms with Crippen molar-refractivity contribution in [1.29, 1.82) is 0 Å². The van der Waals surface area contributed by atoms with Crippen molar-refractivity contribution in [3.05, 3.63) is 140 Å².